The molecule has 0 saturated carbocycles. The van der Waals surface area contributed by atoms with E-state index >= 15 is 0 Å². The van der Waals surface area contributed by atoms with Crippen molar-refractivity contribution in [2.24, 2.45) is 0 Å². The first-order valence-electron chi connectivity index (χ1n) is 5.51. The van der Waals surface area contributed by atoms with Gasteiger partial charge < -0.3 is 4.84 Å². The molecule has 0 unspecified atom stereocenters. The summed E-state index contributed by atoms with van der Waals surface area (Å²) in [6.07, 6.45) is 5.44. The van der Waals surface area contributed by atoms with Crippen molar-refractivity contribution in [2.45, 2.75) is 0 Å². The number of hydrogen-bond acceptors (Lipinski definition) is 8. The summed E-state index contributed by atoms with van der Waals surface area (Å²) in [7, 11) is -3.67. The van der Waals surface area contributed by atoms with E-state index in [1.165, 1.54) is 6.20 Å². The Hall–Kier alpha value is -2.78. The average Bonchev–Trinajstić information content (AvgIpc) is 2.42. The van der Waals surface area contributed by atoms with Crippen molar-refractivity contribution < 1.29 is 22.9 Å². The van der Waals surface area contributed by atoms with E-state index in [2.05, 4.69) is 9.82 Å². The Bertz CT molecular complexity index is 634. The molecule has 0 spiro atoms. The first-order valence-corrected chi connectivity index (χ1v) is 7.36. The Morgan fingerprint density at radius 1 is 1.68 bits per heavy atom. The molecule has 1 rings (SSSR count). The molecule has 1 aromatic heterocycles. The summed E-state index contributed by atoms with van der Waals surface area (Å²) in [5.74, 6) is -0.0763. The molecule has 0 aromatic carbocycles. The minimum absolute atomic E-state index is 0.0643. The number of rotatable bonds is 5. The predicted molar refractivity (Wildman–Crippen MR) is 73.8 cm³/mol. The highest BCUT2D eigenvalue weighted by Crippen LogP contribution is 2.01. The largest absolute Gasteiger partial charge is 0.312 e. The Morgan fingerprint density at radius 3 is 2.68 bits per heavy atom. The monoisotopic (exact) mass is 331 g/mol. The maximum Gasteiger partial charge on any atom is 0.294 e. The third-order valence-corrected chi connectivity index (χ3v) is 1.84. The molecule has 0 fully saturated rings. The molecule has 120 valence electrons. The van der Waals surface area contributed by atoms with Gasteiger partial charge in [-0.1, -0.05) is 0 Å². The predicted octanol–water partition coefficient (Wildman–Crippen LogP) is -0.0976. The highest BCUT2D eigenvalue weighted by molar-refractivity contribution is 7.85. The van der Waals surface area contributed by atoms with E-state index in [4.69, 9.17) is 15.2 Å². The molecule has 0 amide bonds. The molecule has 22 heavy (non-hydrogen) atoms. The third kappa shape index (κ3) is 10.1. The topological polar surface area (TPSA) is 171 Å². The minimum atomic E-state index is -3.67. The van der Waals surface area contributed by atoms with Gasteiger partial charge in [0, 0.05) is 18.0 Å². The summed E-state index contributed by atoms with van der Waals surface area (Å²) < 4.78 is 25.9. The van der Waals surface area contributed by atoms with Crippen LogP contribution in [-0.4, -0.2) is 53.2 Å². The van der Waals surface area contributed by atoms with Gasteiger partial charge in [-0.2, -0.15) is 13.7 Å². The normalized spacial score (nSPS) is 9.68. The highest BCUT2D eigenvalue weighted by atomic mass is 32.2. The average molecular weight is 331 g/mol. The second-order valence-corrected chi connectivity index (χ2v) is 5.10. The Morgan fingerprint density at radius 2 is 2.27 bits per heavy atom. The van der Waals surface area contributed by atoms with Gasteiger partial charge in [0.25, 0.3) is 15.2 Å². The van der Waals surface area contributed by atoms with Crippen LogP contribution in [0.1, 0.15) is 5.56 Å². The van der Waals surface area contributed by atoms with Crippen LogP contribution in [0.2, 0.25) is 0 Å². The number of amidine groups is 1. The summed E-state index contributed by atoms with van der Waals surface area (Å²) in [6, 6.07) is 3.25. The van der Waals surface area contributed by atoms with Crippen molar-refractivity contribution in [3.8, 4) is 6.19 Å². The van der Waals surface area contributed by atoms with Gasteiger partial charge in [0.15, 0.2) is 6.19 Å². The molecule has 2 N–H and O–H groups in total. The number of nitrogens with one attached hydrogen (secondary N) is 1. The quantitative estimate of drug-likeness (QED) is 0.142. The number of aromatic nitrogens is 1. The van der Waals surface area contributed by atoms with Crippen LogP contribution < -0.4 is 0 Å². The van der Waals surface area contributed by atoms with Crippen LogP contribution in [0.3, 0.4) is 0 Å². The van der Waals surface area contributed by atoms with Crippen molar-refractivity contribution in [2.75, 3.05) is 19.4 Å². The van der Waals surface area contributed by atoms with Gasteiger partial charge in [-0.05, 0) is 12.1 Å². The molecule has 1 heterocycles. The number of pyridine rings is 1. The summed E-state index contributed by atoms with van der Waals surface area (Å²) in [5.41, 5.74) is 0.454. The van der Waals surface area contributed by atoms with E-state index in [9.17, 15) is 18.5 Å². The smallest absolute Gasteiger partial charge is 0.294 e. The van der Waals surface area contributed by atoms with Gasteiger partial charge in [-0.25, -0.2) is 0 Å². The fraction of sp³-hybridized carbons (Fsp3) is 0.300. The van der Waals surface area contributed by atoms with Crippen LogP contribution in [0.15, 0.2) is 24.5 Å². The van der Waals surface area contributed by atoms with Crippen molar-refractivity contribution in [3.05, 3.63) is 40.2 Å². The second kappa shape index (κ2) is 9.21. The Labute approximate surface area is 126 Å². The summed E-state index contributed by atoms with van der Waals surface area (Å²) in [4.78, 5) is 18.8. The summed E-state index contributed by atoms with van der Waals surface area (Å²) >= 11 is 0. The van der Waals surface area contributed by atoms with Crippen LogP contribution >= 0.6 is 0 Å². The van der Waals surface area contributed by atoms with Crippen LogP contribution in [-0.2, 0) is 15.0 Å². The number of hydrogen-bond donors (Lipinski definition) is 2. The van der Waals surface area contributed by atoms with Gasteiger partial charge in [0.2, 0.25) is 0 Å². The molecular formula is C10H13N5O6S. The lowest BCUT2D eigenvalue weighted by Gasteiger charge is -2.15. The van der Waals surface area contributed by atoms with Crippen LogP contribution in [0.5, 0.6) is 0 Å². The maximum absolute atomic E-state index is 9.93. The molecule has 0 aliphatic rings. The van der Waals surface area contributed by atoms with E-state index in [0.29, 0.717) is 11.8 Å². The first kappa shape index (κ1) is 19.2. The fourth-order valence-electron chi connectivity index (χ4n) is 1.08. The molecule has 12 heteroatoms. The third-order valence-electron chi connectivity index (χ3n) is 1.84. The lowest BCUT2D eigenvalue weighted by molar-refractivity contribution is -0.757. The molecule has 11 nitrogen and oxygen atoms in total. The van der Waals surface area contributed by atoms with Crippen molar-refractivity contribution in [1.82, 2.24) is 9.88 Å². The molecule has 0 bridgehead atoms. The SMILES string of the molecule is CS(=O)(=O)O.N#CN(CCO[N+](=O)[O-])C(=N)c1cccnc1. The van der Waals surface area contributed by atoms with Crippen molar-refractivity contribution in [1.29, 1.82) is 10.7 Å². The van der Waals surface area contributed by atoms with Crippen molar-refractivity contribution >= 4 is 16.0 Å². The minimum Gasteiger partial charge on any atom is -0.312 e. The highest BCUT2D eigenvalue weighted by Gasteiger charge is 2.11. The number of nitrogens with zero attached hydrogens (tertiary/aromatic N) is 4. The molecule has 1 aromatic rings. The van der Waals surface area contributed by atoms with Gasteiger partial charge in [-0.15, -0.1) is 10.1 Å². The summed E-state index contributed by atoms with van der Waals surface area (Å²) in [5, 5.41) is 25.5. The Kier molecular flexibility index (Phi) is 8.05. The van der Waals surface area contributed by atoms with E-state index < -0.39 is 15.2 Å². The Balaban J connectivity index is 0.000000763. The van der Waals surface area contributed by atoms with Crippen LogP contribution in [0, 0.1) is 27.0 Å². The standard InChI is InChI=1S/C9H9N5O3.CH4O3S/c10-7-13(4-5-17-14(15)16)9(11)8-2-1-3-12-6-8;1-5(2,3)4/h1-3,6,11H,4-5H2;1H3,(H,2,3,4). The zero-order valence-corrected chi connectivity index (χ0v) is 12.2. The summed E-state index contributed by atoms with van der Waals surface area (Å²) in [6.45, 7) is -0.339. The van der Waals surface area contributed by atoms with E-state index in [0.717, 1.165) is 4.90 Å². The van der Waals surface area contributed by atoms with E-state index in [1.54, 1.807) is 24.5 Å². The molecule has 0 atom stereocenters. The van der Waals surface area contributed by atoms with E-state index in [1.807, 2.05) is 0 Å². The lowest BCUT2D eigenvalue weighted by atomic mass is 10.2. The zero-order valence-electron chi connectivity index (χ0n) is 11.4. The van der Waals surface area contributed by atoms with Gasteiger partial charge in [0.1, 0.15) is 12.4 Å². The first-order chi connectivity index (χ1) is 10.1. The molecule has 0 aliphatic heterocycles. The second-order valence-electron chi connectivity index (χ2n) is 3.63. The molecule has 0 radical (unpaired) electrons. The van der Waals surface area contributed by atoms with Crippen molar-refractivity contribution in [3.63, 3.8) is 0 Å². The van der Waals surface area contributed by atoms with Gasteiger partial charge in [0.05, 0.1) is 12.8 Å². The van der Waals surface area contributed by atoms with Gasteiger partial charge in [-0.3, -0.25) is 19.8 Å². The zero-order chi connectivity index (χ0) is 17.2. The van der Waals surface area contributed by atoms with E-state index in [-0.39, 0.29) is 19.0 Å². The maximum atomic E-state index is 9.93. The van der Waals surface area contributed by atoms with Crippen LogP contribution in [0.25, 0.3) is 0 Å². The molecule has 0 saturated heterocycles. The lowest BCUT2D eigenvalue weighted by Crippen LogP contribution is -2.30. The van der Waals surface area contributed by atoms with Crippen LogP contribution in [0.4, 0.5) is 0 Å². The molecular weight excluding hydrogens is 318 g/mol. The number of nitriles is 1. The van der Waals surface area contributed by atoms with Gasteiger partial charge >= 0.3 is 0 Å². The molecule has 0 aliphatic carbocycles. The fourth-order valence-corrected chi connectivity index (χ4v) is 1.08.